The van der Waals surface area contributed by atoms with E-state index in [2.05, 4.69) is 53.7 Å². The van der Waals surface area contributed by atoms with Crippen LogP contribution < -0.4 is 0 Å². The molecule has 2 heterocycles. The van der Waals surface area contributed by atoms with E-state index in [0.29, 0.717) is 5.92 Å². The molecule has 2 aromatic heterocycles. The van der Waals surface area contributed by atoms with Crippen molar-refractivity contribution in [3.8, 4) is 0 Å². The minimum absolute atomic E-state index is 0.491. The number of hydrogen-bond acceptors (Lipinski definition) is 1. The number of nitrogens with zero attached hydrogens (tertiary/aromatic N) is 2. The largest absolute Gasteiger partial charge is 0.301 e. The van der Waals surface area contributed by atoms with Gasteiger partial charge in [-0.3, -0.25) is 0 Å². The molecule has 3 rings (SSSR count). The first-order valence-corrected chi connectivity index (χ1v) is 5.62. The third-order valence-electron chi connectivity index (χ3n) is 3.02. The van der Waals surface area contributed by atoms with Gasteiger partial charge in [0.25, 0.3) is 0 Å². The van der Waals surface area contributed by atoms with Crippen molar-refractivity contribution in [2.24, 2.45) is 0 Å². The molecule has 0 spiro atoms. The van der Waals surface area contributed by atoms with Gasteiger partial charge in [0.15, 0.2) is 0 Å². The summed E-state index contributed by atoms with van der Waals surface area (Å²) in [6.07, 6.45) is 3.94. The van der Waals surface area contributed by atoms with Crippen LogP contribution in [0.2, 0.25) is 0 Å². The summed E-state index contributed by atoms with van der Waals surface area (Å²) < 4.78 is 2.17. The Kier molecular flexibility index (Phi) is 1.96. The van der Waals surface area contributed by atoms with E-state index >= 15 is 0 Å². The standard InChI is InChI=1S/C14H14N2/c1-10(2)13-11-6-3-4-7-12(11)16-9-5-8-15-14(13)16/h3-10H,1-2H3. The molecular weight excluding hydrogens is 196 g/mol. The van der Waals surface area contributed by atoms with Gasteiger partial charge in [-0.05, 0) is 18.1 Å². The van der Waals surface area contributed by atoms with Crippen LogP contribution in [0.15, 0.2) is 42.7 Å². The van der Waals surface area contributed by atoms with Gasteiger partial charge < -0.3 is 4.40 Å². The van der Waals surface area contributed by atoms with Gasteiger partial charge in [0.2, 0.25) is 0 Å². The first-order valence-electron chi connectivity index (χ1n) is 5.62. The van der Waals surface area contributed by atoms with Crippen LogP contribution in [0.5, 0.6) is 0 Å². The lowest BCUT2D eigenvalue weighted by Crippen LogP contribution is -1.90. The van der Waals surface area contributed by atoms with E-state index in [4.69, 9.17) is 0 Å². The average Bonchev–Trinajstić information content (AvgIpc) is 2.63. The molecule has 0 aliphatic carbocycles. The lowest BCUT2D eigenvalue weighted by atomic mass is 10.0. The molecule has 16 heavy (non-hydrogen) atoms. The van der Waals surface area contributed by atoms with Gasteiger partial charge in [-0.25, -0.2) is 4.98 Å². The fourth-order valence-electron chi connectivity index (χ4n) is 2.37. The van der Waals surface area contributed by atoms with Gasteiger partial charge in [-0.2, -0.15) is 0 Å². The van der Waals surface area contributed by atoms with Crippen molar-refractivity contribution in [3.63, 3.8) is 0 Å². The van der Waals surface area contributed by atoms with Crippen LogP contribution in [-0.4, -0.2) is 9.38 Å². The summed E-state index contributed by atoms with van der Waals surface area (Å²) in [5, 5.41) is 1.32. The smallest absolute Gasteiger partial charge is 0.141 e. The van der Waals surface area contributed by atoms with Crippen molar-refractivity contribution in [3.05, 3.63) is 48.3 Å². The minimum Gasteiger partial charge on any atom is -0.301 e. The predicted molar refractivity (Wildman–Crippen MR) is 66.8 cm³/mol. The van der Waals surface area contributed by atoms with Crippen molar-refractivity contribution in [2.75, 3.05) is 0 Å². The highest BCUT2D eigenvalue weighted by Gasteiger charge is 2.14. The molecule has 0 fully saturated rings. The summed E-state index contributed by atoms with van der Waals surface area (Å²) in [5.41, 5.74) is 3.67. The molecule has 0 atom stereocenters. The third kappa shape index (κ3) is 1.16. The van der Waals surface area contributed by atoms with Gasteiger partial charge in [0.1, 0.15) is 5.65 Å². The molecule has 0 saturated carbocycles. The highest BCUT2D eigenvalue weighted by atomic mass is 15.0. The second-order valence-corrected chi connectivity index (χ2v) is 4.40. The van der Waals surface area contributed by atoms with Gasteiger partial charge in [-0.15, -0.1) is 0 Å². The normalized spacial score (nSPS) is 11.7. The van der Waals surface area contributed by atoms with E-state index in [0.717, 1.165) is 5.65 Å². The average molecular weight is 210 g/mol. The highest BCUT2D eigenvalue weighted by Crippen LogP contribution is 2.30. The summed E-state index contributed by atoms with van der Waals surface area (Å²) in [7, 11) is 0. The number of fused-ring (bicyclic) bond motifs is 3. The minimum atomic E-state index is 0.491. The van der Waals surface area contributed by atoms with Gasteiger partial charge in [-0.1, -0.05) is 32.0 Å². The van der Waals surface area contributed by atoms with Crippen molar-refractivity contribution in [2.45, 2.75) is 19.8 Å². The van der Waals surface area contributed by atoms with Crippen molar-refractivity contribution >= 4 is 16.6 Å². The van der Waals surface area contributed by atoms with E-state index < -0.39 is 0 Å². The molecule has 0 N–H and O–H groups in total. The maximum atomic E-state index is 4.50. The summed E-state index contributed by atoms with van der Waals surface area (Å²) >= 11 is 0. The Morgan fingerprint density at radius 1 is 1.12 bits per heavy atom. The maximum absolute atomic E-state index is 4.50. The van der Waals surface area contributed by atoms with E-state index in [1.807, 2.05) is 12.3 Å². The number of rotatable bonds is 1. The Morgan fingerprint density at radius 2 is 1.94 bits per heavy atom. The first-order chi connectivity index (χ1) is 7.79. The van der Waals surface area contributed by atoms with Crippen LogP contribution in [0.3, 0.4) is 0 Å². The fraction of sp³-hybridized carbons (Fsp3) is 0.214. The Hall–Kier alpha value is -1.83. The van der Waals surface area contributed by atoms with Gasteiger partial charge in [0.05, 0.1) is 5.52 Å². The van der Waals surface area contributed by atoms with Crippen LogP contribution >= 0.6 is 0 Å². The van der Waals surface area contributed by atoms with E-state index in [-0.39, 0.29) is 0 Å². The van der Waals surface area contributed by atoms with E-state index in [1.165, 1.54) is 16.5 Å². The molecule has 0 unspecified atom stereocenters. The number of hydrogen-bond donors (Lipinski definition) is 0. The highest BCUT2D eigenvalue weighted by molar-refractivity contribution is 5.91. The zero-order valence-corrected chi connectivity index (χ0v) is 9.51. The molecule has 2 heteroatoms. The number of aromatic nitrogens is 2. The molecule has 2 nitrogen and oxygen atoms in total. The molecule has 0 amide bonds. The van der Waals surface area contributed by atoms with Crippen LogP contribution in [0.25, 0.3) is 16.6 Å². The summed E-state index contributed by atoms with van der Waals surface area (Å²) in [6.45, 7) is 4.44. The molecule has 80 valence electrons. The Balaban J connectivity index is 2.59. The zero-order valence-electron chi connectivity index (χ0n) is 9.51. The first kappa shape index (κ1) is 9.40. The Bertz CT molecular complexity index is 597. The van der Waals surface area contributed by atoms with Gasteiger partial charge in [0, 0.05) is 23.3 Å². The molecule has 0 aliphatic heterocycles. The molecule has 1 aromatic carbocycles. The molecule has 0 radical (unpaired) electrons. The molecule has 0 aliphatic rings. The third-order valence-corrected chi connectivity index (χ3v) is 3.02. The second-order valence-electron chi connectivity index (χ2n) is 4.40. The van der Waals surface area contributed by atoms with Crippen LogP contribution in [0.1, 0.15) is 25.3 Å². The SMILES string of the molecule is CC(C)c1c2ccccc2n2cccnc12. The number of para-hydroxylation sites is 1. The predicted octanol–water partition coefficient (Wildman–Crippen LogP) is 3.61. The monoisotopic (exact) mass is 210 g/mol. The molecule has 0 bridgehead atoms. The molecular formula is C14H14N2. The Labute approximate surface area is 94.5 Å². The number of benzene rings is 1. The van der Waals surface area contributed by atoms with Crippen LogP contribution in [0, 0.1) is 0 Å². The lowest BCUT2D eigenvalue weighted by Gasteiger charge is -2.02. The maximum Gasteiger partial charge on any atom is 0.141 e. The van der Waals surface area contributed by atoms with Crippen molar-refractivity contribution < 1.29 is 0 Å². The topological polar surface area (TPSA) is 17.3 Å². The summed E-state index contributed by atoms with van der Waals surface area (Å²) in [5.74, 6) is 0.491. The quantitative estimate of drug-likeness (QED) is 0.599. The van der Waals surface area contributed by atoms with Gasteiger partial charge >= 0.3 is 0 Å². The molecule has 3 aromatic rings. The van der Waals surface area contributed by atoms with Crippen molar-refractivity contribution in [1.29, 1.82) is 0 Å². The van der Waals surface area contributed by atoms with E-state index in [1.54, 1.807) is 0 Å². The molecule has 0 saturated heterocycles. The van der Waals surface area contributed by atoms with Crippen molar-refractivity contribution in [1.82, 2.24) is 9.38 Å². The fourth-order valence-corrected chi connectivity index (χ4v) is 2.37. The van der Waals surface area contributed by atoms with Crippen LogP contribution in [0.4, 0.5) is 0 Å². The summed E-state index contributed by atoms with van der Waals surface area (Å²) in [6, 6.07) is 10.5. The Morgan fingerprint density at radius 3 is 2.75 bits per heavy atom. The summed E-state index contributed by atoms with van der Waals surface area (Å²) in [4.78, 5) is 4.50. The lowest BCUT2D eigenvalue weighted by molar-refractivity contribution is 0.878. The van der Waals surface area contributed by atoms with Crippen LogP contribution in [-0.2, 0) is 0 Å². The van der Waals surface area contributed by atoms with E-state index in [9.17, 15) is 0 Å². The second kappa shape index (κ2) is 3.34. The zero-order chi connectivity index (χ0) is 11.1.